The molecule has 3 aromatic rings. The number of pyridine rings is 1. The van der Waals surface area contributed by atoms with Crippen molar-refractivity contribution in [1.29, 1.82) is 0 Å². The molecule has 0 aliphatic heterocycles. The minimum Gasteiger partial charge on any atom is -0.326 e. The van der Waals surface area contributed by atoms with Gasteiger partial charge >= 0.3 is 0 Å². The normalized spacial score (nSPS) is 11.2. The van der Waals surface area contributed by atoms with Crippen molar-refractivity contribution in [1.82, 2.24) is 10.3 Å². The number of hydrogen-bond acceptors (Lipinski definition) is 3. The number of hydrogen-bond donors (Lipinski definition) is 2. The average Bonchev–Trinajstić information content (AvgIpc) is 2.68. The monoisotopic (exact) mass is 390 g/mol. The second-order valence-corrected chi connectivity index (χ2v) is 6.94. The first-order valence-corrected chi connectivity index (χ1v) is 9.27. The van der Waals surface area contributed by atoms with E-state index in [0.29, 0.717) is 12.1 Å². The first-order chi connectivity index (χ1) is 13.9. The van der Waals surface area contributed by atoms with Crippen LogP contribution in [0.25, 0.3) is 0 Å². The largest absolute Gasteiger partial charge is 0.326 e. The maximum atomic E-state index is 13.9. The van der Waals surface area contributed by atoms with Crippen LogP contribution in [-0.2, 0) is 6.54 Å². The van der Waals surface area contributed by atoms with Crippen LogP contribution in [0.1, 0.15) is 32.6 Å². The second-order valence-electron chi connectivity index (χ2n) is 6.94. The summed E-state index contributed by atoms with van der Waals surface area (Å²) in [4.78, 5) is 21.1. The number of guanidine groups is 1. The van der Waals surface area contributed by atoms with Crippen molar-refractivity contribution in [2.45, 2.75) is 27.3 Å². The fourth-order valence-electron chi connectivity index (χ4n) is 2.87. The Morgan fingerprint density at radius 2 is 1.69 bits per heavy atom. The van der Waals surface area contributed by atoms with Crippen molar-refractivity contribution in [3.05, 3.63) is 94.6 Å². The number of amides is 1. The average molecular weight is 390 g/mol. The number of aliphatic imine (C=N–C) groups is 1. The lowest BCUT2D eigenvalue weighted by molar-refractivity contribution is 0.0976. The highest BCUT2D eigenvalue weighted by Crippen LogP contribution is 2.14. The van der Waals surface area contributed by atoms with E-state index >= 15 is 0 Å². The topological polar surface area (TPSA) is 66.4 Å². The molecule has 0 fully saturated rings. The molecule has 0 saturated heterocycles. The molecule has 1 heterocycles. The molecule has 1 amide bonds. The van der Waals surface area contributed by atoms with Crippen LogP contribution in [0.4, 0.5) is 10.1 Å². The molecule has 1 aromatic heterocycles. The van der Waals surface area contributed by atoms with Crippen LogP contribution in [0, 0.1) is 26.6 Å². The highest BCUT2D eigenvalue weighted by atomic mass is 19.1. The molecule has 0 aliphatic rings. The molecule has 29 heavy (non-hydrogen) atoms. The van der Waals surface area contributed by atoms with Crippen molar-refractivity contribution >= 4 is 17.6 Å². The van der Waals surface area contributed by atoms with Gasteiger partial charge in [0.15, 0.2) is 0 Å². The smallest absolute Gasteiger partial charge is 0.258 e. The number of aryl methyl sites for hydroxylation is 3. The van der Waals surface area contributed by atoms with E-state index in [2.05, 4.69) is 26.7 Å². The van der Waals surface area contributed by atoms with Gasteiger partial charge in [-0.25, -0.2) is 9.38 Å². The second kappa shape index (κ2) is 9.10. The Morgan fingerprint density at radius 1 is 1.00 bits per heavy atom. The van der Waals surface area contributed by atoms with Gasteiger partial charge in [-0.1, -0.05) is 12.1 Å². The number of benzene rings is 2. The van der Waals surface area contributed by atoms with Gasteiger partial charge in [0.2, 0.25) is 5.96 Å². The molecule has 2 aromatic carbocycles. The molecule has 0 radical (unpaired) electrons. The lowest BCUT2D eigenvalue weighted by Gasteiger charge is -2.13. The van der Waals surface area contributed by atoms with E-state index < -0.39 is 11.7 Å². The zero-order valence-electron chi connectivity index (χ0n) is 16.7. The molecule has 2 N–H and O–H groups in total. The zero-order chi connectivity index (χ0) is 20.8. The molecule has 148 valence electrons. The van der Waals surface area contributed by atoms with Crippen LogP contribution < -0.4 is 10.6 Å². The van der Waals surface area contributed by atoms with Crippen LogP contribution >= 0.6 is 0 Å². The Labute approximate surface area is 169 Å². The number of anilines is 1. The molecule has 0 spiro atoms. The lowest BCUT2D eigenvalue weighted by atomic mass is 10.1. The fraction of sp³-hybridized carbons (Fsp3) is 0.174. The summed E-state index contributed by atoms with van der Waals surface area (Å²) in [5, 5.41) is 5.92. The van der Waals surface area contributed by atoms with Gasteiger partial charge in [0.25, 0.3) is 5.91 Å². The Balaban J connectivity index is 1.84. The maximum absolute atomic E-state index is 13.9. The molecule has 0 aliphatic carbocycles. The number of aromatic nitrogens is 1. The molecule has 3 rings (SSSR count). The van der Waals surface area contributed by atoms with Crippen molar-refractivity contribution in [3.8, 4) is 0 Å². The first kappa shape index (κ1) is 20.2. The van der Waals surface area contributed by atoms with E-state index in [0.717, 1.165) is 22.4 Å². The molecular weight excluding hydrogens is 367 g/mol. The number of halogens is 1. The van der Waals surface area contributed by atoms with Gasteiger partial charge in [-0.2, -0.15) is 0 Å². The number of nitrogens with zero attached hydrogens (tertiary/aromatic N) is 2. The van der Waals surface area contributed by atoms with Crippen molar-refractivity contribution in [2.75, 3.05) is 5.32 Å². The summed E-state index contributed by atoms with van der Waals surface area (Å²) in [6.07, 6.45) is 3.38. The van der Waals surface area contributed by atoms with Gasteiger partial charge in [0, 0.05) is 23.6 Å². The Hall–Kier alpha value is -3.54. The highest BCUT2D eigenvalue weighted by Gasteiger charge is 2.12. The molecular formula is C23H23FN4O. The number of rotatable bonds is 4. The minimum absolute atomic E-state index is 0.229. The number of carbonyl (C=O) groups excluding carboxylic acids is 1. The van der Waals surface area contributed by atoms with Gasteiger partial charge in [0.1, 0.15) is 5.82 Å². The standard InChI is InChI=1S/C23H23FN4O/c1-15-10-16(2)12-20(11-15)27-23(26-14-18-6-8-25-9-7-18)28-22(29)19-5-4-17(3)21(24)13-19/h4-13H,14H2,1-3H3,(H2,26,27,28,29). The van der Waals surface area contributed by atoms with Gasteiger partial charge in [-0.15, -0.1) is 0 Å². The quantitative estimate of drug-likeness (QED) is 0.508. The zero-order valence-corrected chi connectivity index (χ0v) is 16.7. The summed E-state index contributed by atoms with van der Waals surface area (Å²) < 4.78 is 13.9. The van der Waals surface area contributed by atoms with E-state index in [9.17, 15) is 9.18 Å². The van der Waals surface area contributed by atoms with Crippen LogP contribution in [0.3, 0.4) is 0 Å². The van der Waals surface area contributed by atoms with Crippen LogP contribution in [0.15, 0.2) is 65.9 Å². The third-order valence-electron chi connectivity index (χ3n) is 4.32. The number of carbonyl (C=O) groups is 1. The van der Waals surface area contributed by atoms with Gasteiger partial charge in [0.05, 0.1) is 6.54 Å². The van der Waals surface area contributed by atoms with Crippen LogP contribution in [-0.4, -0.2) is 16.9 Å². The van der Waals surface area contributed by atoms with Crippen molar-refractivity contribution in [2.24, 2.45) is 4.99 Å². The van der Waals surface area contributed by atoms with Crippen LogP contribution in [0.5, 0.6) is 0 Å². The Bertz CT molecular complexity index is 1030. The summed E-state index contributed by atoms with van der Waals surface area (Å²) in [6, 6.07) is 14.1. The van der Waals surface area contributed by atoms with E-state index in [1.165, 1.54) is 6.07 Å². The maximum Gasteiger partial charge on any atom is 0.258 e. The van der Waals surface area contributed by atoms with Crippen molar-refractivity contribution < 1.29 is 9.18 Å². The first-order valence-electron chi connectivity index (χ1n) is 9.27. The Morgan fingerprint density at radius 3 is 2.34 bits per heavy atom. The molecule has 0 unspecified atom stereocenters. The van der Waals surface area contributed by atoms with E-state index in [-0.39, 0.29) is 11.5 Å². The van der Waals surface area contributed by atoms with Gasteiger partial charge in [-0.05, 0) is 79.4 Å². The summed E-state index contributed by atoms with van der Waals surface area (Å²) in [7, 11) is 0. The Kier molecular flexibility index (Phi) is 6.34. The van der Waals surface area contributed by atoms with E-state index in [1.807, 2.05) is 38.1 Å². The molecule has 0 bridgehead atoms. The minimum atomic E-state index is -0.436. The van der Waals surface area contributed by atoms with Crippen molar-refractivity contribution in [3.63, 3.8) is 0 Å². The molecule has 0 atom stereocenters. The molecule has 0 saturated carbocycles. The summed E-state index contributed by atoms with van der Waals surface area (Å²) in [6.45, 7) is 6.01. The third kappa shape index (κ3) is 5.72. The van der Waals surface area contributed by atoms with Gasteiger partial charge in [-0.3, -0.25) is 15.1 Å². The van der Waals surface area contributed by atoms with Gasteiger partial charge < -0.3 is 5.32 Å². The predicted octanol–water partition coefficient (Wildman–Crippen LogP) is 4.54. The van der Waals surface area contributed by atoms with Crippen LogP contribution in [0.2, 0.25) is 0 Å². The highest BCUT2D eigenvalue weighted by molar-refractivity contribution is 6.10. The predicted molar refractivity (Wildman–Crippen MR) is 114 cm³/mol. The SMILES string of the molecule is Cc1cc(C)cc(NC(=NCc2ccncc2)NC(=O)c2ccc(C)c(F)c2)c1. The third-order valence-corrected chi connectivity index (χ3v) is 4.32. The molecule has 6 heteroatoms. The van der Waals surface area contributed by atoms with E-state index in [4.69, 9.17) is 0 Å². The summed E-state index contributed by atoms with van der Waals surface area (Å²) >= 11 is 0. The lowest BCUT2D eigenvalue weighted by Crippen LogP contribution is -2.36. The number of nitrogens with one attached hydrogen (secondary N) is 2. The summed E-state index contributed by atoms with van der Waals surface area (Å²) in [5.41, 5.74) is 4.66. The fourth-order valence-corrected chi connectivity index (χ4v) is 2.87. The molecule has 5 nitrogen and oxygen atoms in total. The summed E-state index contributed by atoms with van der Waals surface area (Å²) in [5.74, 6) is -0.567. The van der Waals surface area contributed by atoms with E-state index in [1.54, 1.807) is 31.5 Å².